The Kier molecular flexibility index (Phi) is 4.91. The predicted molar refractivity (Wildman–Crippen MR) is 83.0 cm³/mol. The summed E-state index contributed by atoms with van der Waals surface area (Å²) in [6, 6.07) is 15.6. The van der Waals surface area contributed by atoms with E-state index in [2.05, 4.69) is 17.6 Å². The van der Waals surface area contributed by atoms with Gasteiger partial charge in [0.15, 0.2) is 0 Å². The van der Waals surface area contributed by atoms with Gasteiger partial charge in [0, 0.05) is 17.8 Å². The van der Waals surface area contributed by atoms with Crippen molar-refractivity contribution in [1.82, 2.24) is 5.32 Å². The van der Waals surface area contributed by atoms with Crippen LogP contribution in [0.2, 0.25) is 0 Å². The van der Waals surface area contributed by atoms with Crippen LogP contribution in [0.1, 0.15) is 28.4 Å². The highest BCUT2D eigenvalue weighted by Crippen LogP contribution is 2.17. The third-order valence-electron chi connectivity index (χ3n) is 3.28. The molecule has 0 unspecified atom stereocenters. The standard InChI is InChI=1S/C17H20N2O/c1-3-13-8-4-6-10-15(13)17(20)19-16-11-7-5-9-14(16)12-18-2/h4-11,18H,3,12H2,1-2H3,(H,19,20). The summed E-state index contributed by atoms with van der Waals surface area (Å²) in [5.41, 5.74) is 3.75. The largest absolute Gasteiger partial charge is 0.322 e. The smallest absolute Gasteiger partial charge is 0.255 e. The van der Waals surface area contributed by atoms with Crippen molar-refractivity contribution < 1.29 is 4.79 Å². The first-order valence-corrected chi connectivity index (χ1v) is 6.88. The average Bonchev–Trinajstić information content (AvgIpc) is 2.49. The molecule has 3 nitrogen and oxygen atoms in total. The molecule has 0 heterocycles. The van der Waals surface area contributed by atoms with Crippen LogP contribution in [0.3, 0.4) is 0 Å². The highest BCUT2D eigenvalue weighted by atomic mass is 16.1. The van der Waals surface area contributed by atoms with Gasteiger partial charge in [0.2, 0.25) is 0 Å². The number of hydrogen-bond donors (Lipinski definition) is 2. The maximum atomic E-state index is 12.4. The van der Waals surface area contributed by atoms with Gasteiger partial charge in [-0.05, 0) is 36.7 Å². The SMILES string of the molecule is CCc1ccccc1C(=O)Nc1ccccc1CNC. The first-order chi connectivity index (χ1) is 9.76. The number of carbonyl (C=O) groups excluding carboxylic acids is 1. The van der Waals surface area contributed by atoms with Crippen LogP contribution >= 0.6 is 0 Å². The van der Waals surface area contributed by atoms with E-state index >= 15 is 0 Å². The Bertz CT molecular complexity index is 593. The van der Waals surface area contributed by atoms with E-state index in [1.807, 2.05) is 55.6 Å². The van der Waals surface area contributed by atoms with Gasteiger partial charge in [-0.3, -0.25) is 4.79 Å². The number of carbonyl (C=O) groups is 1. The Labute approximate surface area is 120 Å². The molecule has 1 amide bonds. The minimum absolute atomic E-state index is 0.0500. The second kappa shape index (κ2) is 6.87. The Morgan fingerprint density at radius 3 is 2.35 bits per heavy atom. The third-order valence-corrected chi connectivity index (χ3v) is 3.28. The summed E-state index contributed by atoms with van der Waals surface area (Å²) in [6.45, 7) is 2.78. The summed E-state index contributed by atoms with van der Waals surface area (Å²) in [6.07, 6.45) is 0.849. The van der Waals surface area contributed by atoms with Crippen LogP contribution in [-0.2, 0) is 13.0 Å². The number of hydrogen-bond acceptors (Lipinski definition) is 2. The van der Waals surface area contributed by atoms with Crippen molar-refractivity contribution in [3.05, 3.63) is 65.2 Å². The summed E-state index contributed by atoms with van der Waals surface area (Å²) in [5, 5.41) is 6.12. The van der Waals surface area contributed by atoms with Crippen molar-refractivity contribution in [2.24, 2.45) is 0 Å². The second-order valence-corrected chi connectivity index (χ2v) is 4.65. The molecule has 0 saturated heterocycles. The first-order valence-electron chi connectivity index (χ1n) is 6.88. The average molecular weight is 268 g/mol. The number of aryl methyl sites for hydroxylation is 1. The fourth-order valence-corrected chi connectivity index (χ4v) is 2.23. The number of nitrogens with one attached hydrogen (secondary N) is 2. The quantitative estimate of drug-likeness (QED) is 0.874. The molecule has 0 atom stereocenters. The zero-order valence-electron chi connectivity index (χ0n) is 11.9. The molecule has 0 aromatic heterocycles. The van der Waals surface area contributed by atoms with Crippen molar-refractivity contribution in [2.45, 2.75) is 19.9 Å². The van der Waals surface area contributed by atoms with E-state index in [0.29, 0.717) is 0 Å². The zero-order chi connectivity index (χ0) is 14.4. The molecule has 0 spiro atoms. The summed E-state index contributed by atoms with van der Waals surface area (Å²) >= 11 is 0. The predicted octanol–water partition coefficient (Wildman–Crippen LogP) is 3.22. The minimum Gasteiger partial charge on any atom is -0.322 e. The topological polar surface area (TPSA) is 41.1 Å². The van der Waals surface area contributed by atoms with Gasteiger partial charge in [-0.1, -0.05) is 43.3 Å². The van der Waals surface area contributed by atoms with Gasteiger partial charge in [-0.15, -0.1) is 0 Å². The normalized spacial score (nSPS) is 10.3. The molecule has 0 fully saturated rings. The monoisotopic (exact) mass is 268 g/mol. The molecule has 104 valence electrons. The molecular weight excluding hydrogens is 248 g/mol. The number of anilines is 1. The molecule has 0 radical (unpaired) electrons. The fourth-order valence-electron chi connectivity index (χ4n) is 2.23. The summed E-state index contributed by atoms with van der Waals surface area (Å²) < 4.78 is 0. The number of benzene rings is 2. The van der Waals surface area contributed by atoms with E-state index in [1.165, 1.54) is 0 Å². The molecule has 2 aromatic rings. The van der Waals surface area contributed by atoms with E-state index in [9.17, 15) is 4.79 Å². The maximum absolute atomic E-state index is 12.4. The van der Waals surface area contributed by atoms with Gasteiger partial charge in [-0.25, -0.2) is 0 Å². The Hall–Kier alpha value is -2.13. The first kappa shape index (κ1) is 14.3. The van der Waals surface area contributed by atoms with Crippen LogP contribution in [0.15, 0.2) is 48.5 Å². The van der Waals surface area contributed by atoms with Crippen molar-refractivity contribution in [2.75, 3.05) is 12.4 Å². The van der Waals surface area contributed by atoms with E-state index in [0.717, 1.165) is 35.3 Å². The van der Waals surface area contributed by atoms with Gasteiger partial charge >= 0.3 is 0 Å². The Morgan fingerprint density at radius 1 is 1.00 bits per heavy atom. The highest BCUT2D eigenvalue weighted by Gasteiger charge is 2.11. The minimum atomic E-state index is -0.0500. The van der Waals surface area contributed by atoms with Crippen LogP contribution in [0.4, 0.5) is 5.69 Å². The van der Waals surface area contributed by atoms with Crippen LogP contribution in [-0.4, -0.2) is 13.0 Å². The van der Waals surface area contributed by atoms with Gasteiger partial charge < -0.3 is 10.6 Å². The molecule has 0 saturated carbocycles. The Morgan fingerprint density at radius 2 is 1.65 bits per heavy atom. The summed E-state index contributed by atoms with van der Waals surface area (Å²) in [5.74, 6) is -0.0500. The molecule has 2 aromatic carbocycles. The van der Waals surface area contributed by atoms with Gasteiger partial charge in [0.05, 0.1) is 0 Å². The second-order valence-electron chi connectivity index (χ2n) is 4.65. The molecule has 0 bridgehead atoms. The molecule has 0 aliphatic rings. The fraction of sp³-hybridized carbons (Fsp3) is 0.235. The summed E-state index contributed by atoms with van der Waals surface area (Å²) in [7, 11) is 1.89. The van der Waals surface area contributed by atoms with E-state index in [-0.39, 0.29) is 5.91 Å². The van der Waals surface area contributed by atoms with E-state index < -0.39 is 0 Å². The van der Waals surface area contributed by atoms with Crippen molar-refractivity contribution in [1.29, 1.82) is 0 Å². The van der Waals surface area contributed by atoms with Crippen LogP contribution in [0, 0.1) is 0 Å². The molecule has 3 heteroatoms. The van der Waals surface area contributed by atoms with Crippen LogP contribution in [0.25, 0.3) is 0 Å². The van der Waals surface area contributed by atoms with Crippen molar-refractivity contribution in [3.63, 3.8) is 0 Å². The van der Waals surface area contributed by atoms with Gasteiger partial charge in [0.25, 0.3) is 5.91 Å². The number of amides is 1. The maximum Gasteiger partial charge on any atom is 0.255 e. The summed E-state index contributed by atoms with van der Waals surface area (Å²) in [4.78, 5) is 12.4. The van der Waals surface area contributed by atoms with E-state index in [4.69, 9.17) is 0 Å². The third kappa shape index (κ3) is 3.25. The van der Waals surface area contributed by atoms with Crippen molar-refractivity contribution >= 4 is 11.6 Å². The zero-order valence-corrected chi connectivity index (χ0v) is 11.9. The highest BCUT2D eigenvalue weighted by molar-refractivity contribution is 6.05. The molecule has 20 heavy (non-hydrogen) atoms. The van der Waals surface area contributed by atoms with Gasteiger partial charge in [0.1, 0.15) is 0 Å². The molecule has 0 aliphatic carbocycles. The number of para-hydroxylation sites is 1. The lowest BCUT2D eigenvalue weighted by Gasteiger charge is -2.12. The van der Waals surface area contributed by atoms with Crippen LogP contribution < -0.4 is 10.6 Å². The molecular formula is C17H20N2O. The van der Waals surface area contributed by atoms with Crippen LogP contribution in [0.5, 0.6) is 0 Å². The molecule has 0 aliphatic heterocycles. The molecule has 2 N–H and O–H groups in total. The van der Waals surface area contributed by atoms with Crippen molar-refractivity contribution in [3.8, 4) is 0 Å². The van der Waals surface area contributed by atoms with Gasteiger partial charge in [-0.2, -0.15) is 0 Å². The lowest BCUT2D eigenvalue weighted by Crippen LogP contribution is -2.16. The molecule has 2 rings (SSSR count). The lowest BCUT2D eigenvalue weighted by molar-refractivity contribution is 0.102. The lowest BCUT2D eigenvalue weighted by atomic mass is 10.0. The van der Waals surface area contributed by atoms with E-state index in [1.54, 1.807) is 0 Å². The number of rotatable bonds is 5. The Balaban J connectivity index is 2.24.